The number of likely N-dealkylation sites (tertiary alicyclic amines) is 1. The van der Waals surface area contributed by atoms with E-state index in [1.807, 2.05) is 0 Å². The van der Waals surface area contributed by atoms with E-state index in [2.05, 4.69) is 24.8 Å². The van der Waals surface area contributed by atoms with Crippen LogP contribution in [0.4, 0.5) is 23.2 Å². The maximum atomic E-state index is 12.5. The molecule has 1 aromatic carbocycles. The van der Waals surface area contributed by atoms with E-state index in [1.54, 1.807) is 4.90 Å². The van der Waals surface area contributed by atoms with Crippen molar-refractivity contribution in [2.75, 3.05) is 31.9 Å². The zero-order valence-corrected chi connectivity index (χ0v) is 18.0. The van der Waals surface area contributed by atoms with Crippen molar-refractivity contribution >= 4 is 17.5 Å². The van der Waals surface area contributed by atoms with Gasteiger partial charge in [-0.3, -0.25) is 9.59 Å². The van der Waals surface area contributed by atoms with Gasteiger partial charge in [0.1, 0.15) is 11.4 Å². The van der Waals surface area contributed by atoms with Crippen LogP contribution < -0.4 is 14.8 Å². The van der Waals surface area contributed by atoms with Crippen LogP contribution in [0.5, 0.6) is 11.6 Å². The predicted octanol–water partition coefficient (Wildman–Crippen LogP) is 3.60. The smallest absolute Gasteiger partial charge is 0.422 e. The quantitative estimate of drug-likeness (QED) is 0.578. The molecule has 182 valence electrons. The first-order valence-electron chi connectivity index (χ1n) is 10.5. The average Bonchev–Trinajstić information content (AvgIpc) is 2.74. The van der Waals surface area contributed by atoms with Crippen LogP contribution in [-0.2, 0) is 4.79 Å². The summed E-state index contributed by atoms with van der Waals surface area (Å²) >= 11 is 0. The first-order chi connectivity index (χ1) is 16.1. The highest BCUT2D eigenvalue weighted by Gasteiger charge is 2.53. The first-order valence-corrected chi connectivity index (χ1v) is 10.5. The lowest BCUT2D eigenvalue weighted by Gasteiger charge is -2.59. The van der Waals surface area contributed by atoms with Crippen molar-refractivity contribution in [3.63, 3.8) is 0 Å². The Morgan fingerprint density at radius 2 is 1.79 bits per heavy atom. The van der Waals surface area contributed by atoms with Crippen LogP contribution in [0.15, 0.2) is 36.7 Å². The number of anilines is 1. The Balaban J connectivity index is 1.17. The minimum atomic E-state index is -4.41. The van der Waals surface area contributed by atoms with Gasteiger partial charge in [0, 0.05) is 30.6 Å². The number of aromatic nitrogens is 2. The fourth-order valence-electron chi connectivity index (χ4n) is 4.47. The van der Waals surface area contributed by atoms with Crippen LogP contribution in [0.25, 0.3) is 0 Å². The molecule has 34 heavy (non-hydrogen) atoms. The van der Waals surface area contributed by atoms with E-state index in [4.69, 9.17) is 0 Å². The summed E-state index contributed by atoms with van der Waals surface area (Å²) in [5, 5.41) is 2.74. The Bertz CT molecular complexity index is 1020. The van der Waals surface area contributed by atoms with Crippen LogP contribution in [0.1, 0.15) is 29.8 Å². The van der Waals surface area contributed by atoms with Gasteiger partial charge in [-0.2, -0.15) is 13.2 Å². The number of halogens is 4. The number of hydrogen-bond acceptors (Lipinski definition) is 6. The maximum absolute atomic E-state index is 12.5. The largest absolute Gasteiger partial charge is 0.484 e. The lowest BCUT2D eigenvalue weighted by atomic mass is 9.57. The number of nitrogens with one attached hydrogen (secondary N) is 1. The summed E-state index contributed by atoms with van der Waals surface area (Å²) in [5.41, 5.74) is 0.650. The molecule has 1 saturated carbocycles. The first kappa shape index (κ1) is 23.7. The molecule has 1 aromatic heterocycles. The van der Waals surface area contributed by atoms with Crippen LogP contribution in [0.2, 0.25) is 0 Å². The Morgan fingerprint density at radius 3 is 2.38 bits per heavy atom. The Labute approximate surface area is 192 Å². The van der Waals surface area contributed by atoms with Gasteiger partial charge in [-0.25, -0.2) is 14.4 Å². The average molecular weight is 482 g/mol. The minimum Gasteiger partial charge on any atom is -0.484 e. The number of ether oxygens (including phenoxy) is 2. The molecule has 12 heteroatoms. The van der Waals surface area contributed by atoms with Crippen molar-refractivity contribution < 1.29 is 36.6 Å². The number of benzene rings is 1. The second-order valence-corrected chi connectivity index (χ2v) is 8.61. The molecule has 1 aliphatic carbocycles. The van der Waals surface area contributed by atoms with Gasteiger partial charge < -0.3 is 19.7 Å². The predicted molar refractivity (Wildman–Crippen MR) is 111 cm³/mol. The lowest BCUT2D eigenvalue weighted by molar-refractivity contribution is -0.153. The molecular formula is C22H22F4N4O4. The van der Waals surface area contributed by atoms with E-state index in [1.165, 1.54) is 36.7 Å². The summed E-state index contributed by atoms with van der Waals surface area (Å²) in [6.07, 6.45) is 0.00467. The summed E-state index contributed by atoms with van der Waals surface area (Å²) in [4.78, 5) is 34.2. The van der Waals surface area contributed by atoms with Gasteiger partial charge >= 0.3 is 6.18 Å². The molecule has 1 N–H and O–H groups in total. The number of amides is 2. The van der Waals surface area contributed by atoms with Crippen LogP contribution in [0.3, 0.4) is 0 Å². The molecule has 1 spiro atoms. The minimum absolute atomic E-state index is 0.00460. The number of carbonyl (C=O) groups excluding carboxylic acids is 2. The fraction of sp³-hybridized carbons (Fsp3) is 0.455. The third-order valence-corrected chi connectivity index (χ3v) is 5.85. The third-order valence-electron chi connectivity index (χ3n) is 5.85. The van der Waals surface area contributed by atoms with Crippen LogP contribution in [-0.4, -0.2) is 59.4 Å². The lowest BCUT2D eigenvalue weighted by Crippen LogP contribution is -2.64. The van der Waals surface area contributed by atoms with E-state index in [-0.39, 0.29) is 40.5 Å². The summed E-state index contributed by atoms with van der Waals surface area (Å²) in [6.45, 7) is -1.25. The van der Waals surface area contributed by atoms with Gasteiger partial charge in [0.25, 0.3) is 5.91 Å². The standard InChI is InChI=1S/C22H22F4N4O4/c23-13-34-19-9-27-17(8-28-19)20(32)30-10-21(11-30)6-14(7-21)5-18(31)29-15-1-3-16(4-2-15)33-12-22(24,25)26/h1-4,8-9,14H,5-7,10-13H2,(H,29,31). The highest BCUT2D eigenvalue weighted by Crippen LogP contribution is 2.53. The number of nitrogens with zero attached hydrogens (tertiary/aromatic N) is 3. The van der Waals surface area contributed by atoms with E-state index in [0.29, 0.717) is 25.2 Å². The van der Waals surface area contributed by atoms with Crippen molar-refractivity contribution in [1.29, 1.82) is 0 Å². The third kappa shape index (κ3) is 5.72. The Hall–Kier alpha value is -3.44. The van der Waals surface area contributed by atoms with Crippen LogP contribution >= 0.6 is 0 Å². The molecule has 2 amide bonds. The Morgan fingerprint density at radius 1 is 1.09 bits per heavy atom. The van der Waals surface area contributed by atoms with Gasteiger partial charge in [-0.05, 0) is 43.0 Å². The molecule has 0 unspecified atom stereocenters. The van der Waals surface area contributed by atoms with Gasteiger partial charge in [-0.15, -0.1) is 0 Å². The van der Waals surface area contributed by atoms with E-state index in [0.717, 1.165) is 12.8 Å². The SMILES string of the molecule is O=C(CC1CC2(C1)CN(C(=O)c1cnc(OCF)cn1)C2)Nc1ccc(OCC(F)(F)F)cc1. The summed E-state index contributed by atoms with van der Waals surface area (Å²) in [6, 6.07) is 5.71. The van der Waals surface area contributed by atoms with Crippen LogP contribution in [0, 0.1) is 11.3 Å². The molecule has 2 fully saturated rings. The second kappa shape index (κ2) is 9.43. The summed E-state index contributed by atoms with van der Waals surface area (Å²) < 4.78 is 57.9. The topological polar surface area (TPSA) is 93.7 Å². The molecule has 2 aromatic rings. The van der Waals surface area contributed by atoms with Crippen molar-refractivity contribution in [2.24, 2.45) is 11.3 Å². The molecular weight excluding hydrogens is 460 g/mol. The molecule has 2 heterocycles. The maximum Gasteiger partial charge on any atom is 0.422 e. The number of hydrogen-bond donors (Lipinski definition) is 1. The molecule has 0 bridgehead atoms. The van der Waals surface area contributed by atoms with Gasteiger partial charge in [0.2, 0.25) is 18.6 Å². The number of carbonyl (C=O) groups is 2. The van der Waals surface area contributed by atoms with Gasteiger partial charge in [0.15, 0.2) is 6.61 Å². The van der Waals surface area contributed by atoms with Crippen molar-refractivity contribution in [2.45, 2.75) is 25.4 Å². The normalized spacial score (nSPS) is 17.0. The van der Waals surface area contributed by atoms with E-state index >= 15 is 0 Å². The van der Waals surface area contributed by atoms with E-state index < -0.39 is 19.6 Å². The molecule has 0 radical (unpaired) electrons. The summed E-state index contributed by atoms with van der Waals surface area (Å²) in [5.74, 6) is -0.167. The highest BCUT2D eigenvalue weighted by molar-refractivity contribution is 5.93. The van der Waals surface area contributed by atoms with Crippen molar-refractivity contribution in [3.8, 4) is 11.6 Å². The molecule has 1 aliphatic heterocycles. The van der Waals surface area contributed by atoms with Gasteiger partial charge in [-0.1, -0.05) is 0 Å². The monoisotopic (exact) mass is 482 g/mol. The highest BCUT2D eigenvalue weighted by atomic mass is 19.4. The van der Waals surface area contributed by atoms with Gasteiger partial charge in [0.05, 0.1) is 12.4 Å². The zero-order chi connectivity index (χ0) is 24.3. The molecule has 1 saturated heterocycles. The molecule has 2 aliphatic rings. The summed E-state index contributed by atoms with van der Waals surface area (Å²) in [7, 11) is 0. The van der Waals surface area contributed by atoms with E-state index in [9.17, 15) is 27.2 Å². The van der Waals surface area contributed by atoms with Crippen molar-refractivity contribution in [3.05, 3.63) is 42.4 Å². The van der Waals surface area contributed by atoms with Crippen molar-refractivity contribution in [1.82, 2.24) is 14.9 Å². The molecule has 0 atom stereocenters. The molecule has 8 nitrogen and oxygen atoms in total. The fourth-order valence-corrected chi connectivity index (χ4v) is 4.47. The zero-order valence-electron chi connectivity index (χ0n) is 18.0. The molecule has 4 rings (SSSR count). The number of alkyl halides is 4. The second-order valence-electron chi connectivity index (χ2n) is 8.61. The number of rotatable bonds is 8. The Kier molecular flexibility index (Phi) is 6.58.